The summed E-state index contributed by atoms with van der Waals surface area (Å²) in [5, 5.41) is 4.67. The first-order valence-electron chi connectivity index (χ1n) is 5.74. The van der Waals surface area contributed by atoms with E-state index < -0.39 is 0 Å². The van der Waals surface area contributed by atoms with Gasteiger partial charge in [0.1, 0.15) is 0 Å². The molecule has 0 atom stereocenters. The third kappa shape index (κ3) is 1.96. The molecule has 1 heterocycles. The van der Waals surface area contributed by atoms with E-state index in [-0.39, 0.29) is 0 Å². The Morgan fingerprint density at radius 1 is 1.38 bits per heavy atom. The second-order valence-corrected chi connectivity index (χ2v) is 4.10. The largest absolute Gasteiger partial charge is 0.350 e. The van der Waals surface area contributed by atoms with Gasteiger partial charge in [-0.3, -0.25) is 0 Å². The lowest BCUT2D eigenvalue weighted by Gasteiger charge is -2.01. The SMILES string of the molecule is CCNCc1cn(C)c2ccc(CN)cc12. The van der Waals surface area contributed by atoms with Crippen LogP contribution in [0.1, 0.15) is 18.1 Å². The summed E-state index contributed by atoms with van der Waals surface area (Å²) in [6.45, 7) is 4.64. The normalized spacial score (nSPS) is 11.2. The zero-order valence-electron chi connectivity index (χ0n) is 9.96. The molecular formula is C13H19N3. The van der Waals surface area contributed by atoms with Gasteiger partial charge in [-0.15, -0.1) is 0 Å². The highest BCUT2D eigenvalue weighted by atomic mass is 14.9. The summed E-state index contributed by atoms with van der Waals surface area (Å²) in [4.78, 5) is 0. The minimum Gasteiger partial charge on any atom is -0.350 e. The Morgan fingerprint density at radius 2 is 2.19 bits per heavy atom. The molecule has 3 heteroatoms. The molecule has 3 N–H and O–H groups in total. The van der Waals surface area contributed by atoms with Gasteiger partial charge < -0.3 is 15.6 Å². The molecule has 2 aromatic rings. The highest BCUT2D eigenvalue weighted by Crippen LogP contribution is 2.21. The molecule has 0 saturated heterocycles. The predicted octanol–water partition coefficient (Wildman–Crippen LogP) is 1.75. The number of fused-ring (bicyclic) bond motifs is 1. The van der Waals surface area contributed by atoms with Crippen LogP contribution >= 0.6 is 0 Å². The van der Waals surface area contributed by atoms with E-state index in [1.165, 1.54) is 22.0 Å². The second-order valence-electron chi connectivity index (χ2n) is 4.10. The summed E-state index contributed by atoms with van der Waals surface area (Å²) >= 11 is 0. The first-order chi connectivity index (χ1) is 7.76. The lowest BCUT2D eigenvalue weighted by Crippen LogP contribution is -2.11. The van der Waals surface area contributed by atoms with Crippen molar-refractivity contribution in [1.82, 2.24) is 9.88 Å². The van der Waals surface area contributed by atoms with E-state index in [1.807, 2.05) is 0 Å². The third-order valence-electron chi connectivity index (χ3n) is 2.94. The van der Waals surface area contributed by atoms with Crippen LogP contribution in [0.25, 0.3) is 10.9 Å². The number of nitrogens with one attached hydrogen (secondary N) is 1. The average Bonchev–Trinajstić information content (AvgIpc) is 2.63. The number of aromatic nitrogens is 1. The van der Waals surface area contributed by atoms with Gasteiger partial charge in [-0.05, 0) is 29.8 Å². The van der Waals surface area contributed by atoms with Crippen molar-refractivity contribution in [2.45, 2.75) is 20.0 Å². The molecule has 0 amide bonds. The fraction of sp³-hybridized carbons (Fsp3) is 0.385. The summed E-state index contributed by atoms with van der Waals surface area (Å²) in [7, 11) is 2.08. The van der Waals surface area contributed by atoms with E-state index in [0.717, 1.165) is 13.1 Å². The van der Waals surface area contributed by atoms with Gasteiger partial charge in [-0.1, -0.05) is 13.0 Å². The predicted molar refractivity (Wildman–Crippen MR) is 68.2 cm³/mol. The molecule has 1 aromatic heterocycles. The summed E-state index contributed by atoms with van der Waals surface area (Å²) in [5.74, 6) is 0. The molecule has 0 aliphatic heterocycles. The van der Waals surface area contributed by atoms with Crippen molar-refractivity contribution in [3.05, 3.63) is 35.5 Å². The van der Waals surface area contributed by atoms with Crippen LogP contribution in [0.5, 0.6) is 0 Å². The molecule has 0 saturated carbocycles. The van der Waals surface area contributed by atoms with Crippen molar-refractivity contribution >= 4 is 10.9 Å². The number of aryl methyl sites for hydroxylation is 1. The molecular weight excluding hydrogens is 198 g/mol. The summed E-state index contributed by atoms with van der Waals surface area (Å²) < 4.78 is 2.17. The van der Waals surface area contributed by atoms with Gasteiger partial charge in [-0.2, -0.15) is 0 Å². The van der Waals surface area contributed by atoms with E-state index in [0.29, 0.717) is 6.54 Å². The monoisotopic (exact) mass is 217 g/mol. The molecule has 0 radical (unpaired) electrons. The zero-order valence-corrected chi connectivity index (χ0v) is 9.96. The van der Waals surface area contributed by atoms with Gasteiger partial charge in [0, 0.05) is 37.2 Å². The lowest BCUT2D eigenvalue weighted by molar-refractivity contribution is 0.727. The van der Waals surface area contributed by atoms with Gasteiger partial charge in [-0.25, -0.2) is 0 Å². The second kappa shape index (κ2) is 4.68. The van der Waals surface area contributed by atoms with E-state index in [2.05, 4.69) is 48.3 Å². The number of nitrogens with zero attached hydrogens (tertiary/aromatic N) is 1. The number of benzene rings is 1. The van der Waals surface area contributed by atoms with Crippen LogP contribution in [-0.4, -0.2) is 11.1 Å². The first kappa shape index (κ1) is 11.2. The van der Waals surface area contributed by atoms with Crippen molar-refractivity contribution in [1.29, 1.82) is 0 Å². The van der Waals surface area contributed by atoms with Crippen molar-refractivity contribution in [3.8, 4) is 0 Å². The molecule has 0 bridgehead atoms. The number of hydrogen-bond acceptors (Lipinski definition) is 2. The van der Waals surface area contributed by atoms with Crippen LogP contribution in [0.3, 0.4) is 0 Å². The Labute approximate surface area is 96.2 Å². The first-order valence-corrected chi connectivity index (χ1v) is 5.74. The number of hydrogen-bond donors (Lipinski definition) is 2. The molecule has 0 aliphatic rings. The summed E-state index contributed by atoms with van der Waals surface area (Å²) in [6, 6.07) is 6.44. The van der Waals surface area contributed by atoms with E-state index in [4.69, 9.17) is 5.73 Å². The number of nitrogens with two attached hydrogens (primary N) is 1. The molecule has 2 rings (SSSR count). The molecule has 0 unspecified atom stereocenters. The van der Waals surface area contributed by atoms with Gasteiger partial charge in [0.2, 0.25) is 0 Å². The fourth-order valence-electron chi connectivity index (χ4n) is 2.05. The fourth-order valence-corrected chi connectivity index (χ4v) is 2.05. The van der Waals surface area contributed by atoms with Crippen LogP contribution in [0, 0.1) is 0 Å². The molecule has 86 valence electrons. The Balaban J connectivity index is 2.47. The van der Waals surface area contributed by atoms with Crippen molar-refractivity contribution in [3.63, 3.8) is 0 Å². The van der Waals surface area contributed by atoms with E-state index >= 15 is 0 Å². The van der Waals surface area contributed by atoms with E-state index in [9.17, 15) is 0 Å². The topological polar surface area (TPSA) is 43.0 Å². The van der Waals surface area contributed by atoms with E-state index in [1.54, 1.807) is 0 Å². The summed E-state index contributed by atoms with van der Waals surface area (Å²) in [6.07, 6.45) is 2.19. The quantitative estimate of drug-likeness (QED) is 0.819. The molecule has 0 fully saturated rings. The van der Waals surface area contributed by atoms with Crippen molar-refractivity contribution in [2.75, 3.05) is 6.54 Å². The van der Waals surface area contributed by atoms with Gasteiger partial charge in [0.05, 0.1) is 0 Å². The Hall–Kier alpha value is -1.32. The van der Waals surface area contributed by atoms with Crippen LogP contribution in [0.4, 0.5) is 0 Å². The van der Waals surface area contributed by atoms with Crippen LogP contribution in [-0.2, 0) is 20.1 Å². The summed E-state index contributed by atoms with van der Waals surface area (Å²) in [5.41, 5.74) is 9.48. The van der Waals surface area contributed by atoms with Crippen molar-refractivity contribution in [2.24, 2.45) is 12.8 Å². The lowest BCUT2D eigenvalue weighted by atomic mass is 10.1. The highest BCUT2D eigenvalue weighted by Gasteiger charge is 2.06. The minimum absolute atomic E-state index is 0.603. The Bertz CT molecular complexity index is 485. The van der Waals surface area contributed by atoms with Crippen molar-refractivity contribution < 1.29 is 0 Å². The molecule has 1 aromatic carbocycles. The van der Waals surface area contributed by atoms with Crippen LogP contribution in [0.15, 0.2) is 24.4 Å². The zero-order chi connectivity index (χ0) is 11.5. The Morgan fingerprint density at radius 3 is 2.88 bits per heavy atom. The maximum Gasteiger partial charge on any atom is 0.0481 e. The highest BCUT2D eigenvalue weighted by molar-refractivity contribution is 5.84. The van der Waals surface area contributed by atoms with Crippen LogP contribution in [0.2, 0.25) is 0 Å². The standard InChI is InChI=1S/C13H19N3/c1-3-15-8-11-9-16(2)13-5-4-10(7-14)6-12(11)13/h4-6,9,15H,3,7-8,14H2,1-2H3. The van der Waals surface area contributed by atoms with Gasteiger partial charge >= 0.3 is 0 Å². The molecule has 0 spiro atoms. The maximum absolute atomic E-state index is 5.68. The smallest absolute Gasteiger partial charge is 0.0481 e. The molecule has 0 aliphatic carbocycles. The third-order valence-corrected chi connectivity index (χ3v) is 2.94. The minimum atomic E-state index is 0.603. The van der Waals surface area contributed by atoms with Gasteiger partial charge in [0.15, 0.2) is 0 Å². The maximum atomic E-state index is 5.68. The molecule has 16 heavy (non-hydrogen) atoms. The van der Waals surface area contributed by atoms with Gasteiger partial charge in [0.25, 0.3) is 0 Å². The Kier molecular flexibility index (Phi) is 3.27. The average molecular weight is 217 g/mol. The van der Waals surface area contributed by atoms with Crippen LogP contribution < -0.4 is 11.1 Å². The molecule has 3 nitrogen and oxygen atoms in total. The number of rotatable bonds is 4.